The van der Waals surface area contributed by atoms with Crippen LogP contribution in [-0.2, 0) is 0 Å². The molecule has 1 aromatic rings. The van der Waals surface area contributed by atoms with Crippen molar-refractivity contribution in [2.45, 2.75) is 32.7 Å². The summed E-state index contributed by atoms with van der Waals surface area (Å²) in [5.41, 5.74) is 1.13. The van der Waals surface area contributed by atoms with Crippen LogP contribution in [0.1, 0.15) is 24.2 Å². The van der Waals surface area contributed by atoms with Crippen molar-refractivity contribution < 1.29 is 0 Å². The van der Waals surface area contributed by atoms with Gasteiger partial charge in [-0.25, -0.2) is 9.97 Å². The molecule has 2 rings (SSSR count). The molecule has 0 radical (unpaired) electrons. The fourth-order valence-electron chi connectivity index (χ4n) is 1.10. The van der Waals surface area contributed by atoms with Gasteiger partial charge in [-0.2, -0.15) is 0 Å². The van der Waals surface area contributed by atoms with Crippen LogP contribution >= 0.6 is 0 Å². The van der Waals surface area contributed by atoms with E-state index in [0.717, 1.165) is 17.2 Å². The third kappa shape index (κ3) is 1.55. The number of anilines is 1. The van der Waals surface area contributed by atoms with Gasteiger partial charge in [0.15, 0.2) is 0 Å². The first-order valence-corrected chi connectivity index (χ1v) is 4.32. The molecule has 12 heavy (non-hydrogen) atoms. The van der Waals surface area contributed by atoms with Gasteiger partial charge in [0.1, 0.15) is 11.6 Å². The van der Waals surface area contributed by atoms with Gasteiger partial charge in [-0.05, 0) is 26.7 Å². The van der Waals surface area contributed by atoms with E-state index in [2.05, 4.69) is 15.3 Å². The minimum absolute atomic E-state index is 0.665. The molecule has 1 aliphatic carbocycles. The molecule has 0 unspecified atom stereocenters. The summed E-state index contributed by atoms with van der Waals surface area (Å²) < 4.78 is 0. The lowest BCUT2D eigenvalue weighted by atomic mass is 10.3. The largest absolute Gasteiger partial charge is 0.367 e. The van der Waals surface area contributed by atoms with E-state index in [1.807, 2.05) is 20.0 Å². The lowest BCUT2D eigenvalue weighted by Crippen LogP contribution is -2.06. The molecule has 0 atom stereocenters. The second kappa shape index (κ2) is 2.73. The summed E-state index contributed by atoms with van der Waals surface area (Å²) in [6.45, 7) is 3.95. The summed E-state index contributed by atoms with van der Waals surface area (Å²) in [4.78, 5) is 8.45. The first-order chi connectivity index (χ1) is 5.75. The zero-order chi connectivity index (χ0) is 8.55. The summed E-state index contributed by atoms with van der Waals surface area (Å²) in [6, 6.07) is 0.665. The summed E-state index contributed by atoms with van der Waals surface area (Å²) in [5, 5.41) is 3.37. The van der Waals surface area contributed by atoms with Crippen molar-refractivity contribution in [1.29, 1.82) is 0 Å². The van der Waals surface area contributed by atoms with Crippen LogP contribution in [-0.4, -0.2) is 16.0 Å². The zero-order valence-electron chi connectivity index (χ0n) is 7.46. The Morgan fingerprint density at radius 2 is 2.17 bits per heavy atom. The first-order valence-electron chi connectivity index (χ1n) is 4.32. The van der Waals surface area contributed by atoms with E-state index in [1.165, 1.54) is 12.8 Å². The third-order valence-electron chi connectivity index (χ3n) is 2.01. The number of hydrogen-bond donors (Lipinski definition) is 1. The van der Waals surface area contributed by atoms with Gasteiger partial charge in [-0.3, -0.25) is 0 Å². The van der Waals surface area contributed by atoms with Gasteiger partial charge in [0.2, 0.25) is 0 Å². The number of aromatic nitrogens is 2. The van der Waals surface area contributed by atoms with Gasteiger partial charge in [0, 0.05) is 17.8 Å². The molecule has 0 amide bonds. The highest BCUT2D eigenvalue weighted by Gasteiger charge is 2.21. The van der Waals surface area contributed by atoms with Gasteiger partial charge < -0.3 is 5.32 Å². The van der Waals surface area contributed by atoms with Crippen molar-refractivity contribution in [2.24, 2.45) is 0 Å². The van der Waals surface area contributed by atoms with Crippen molar-refractivity contribution in [3.8, 4) is 0 Å². The van der Waals surface area contributed by atoms with Crippen molar-refractivity contribution in [1.82, 2.24) is 9.97 Å². The Bertz CT molecular complexity index is 292. The Morgan fingerprint density at radius 3 is 2.83 bits per heavy atom. The van der Waals surface area contributed by atoms with Crippen molar-refractivity contribution in [3.63, 3.8) is 0 Å². The second-order valence-corrected chi connectivity index (χ2v) is 3.37. The number of rotatable bonds is 2. The Kier molecular flexibility index (Phi) is 1.71. The number of nitrogens with one attached hydrogen (secondary N) is 1. The molecule has 0 spiro atoms. The van der Waals surface area contributed by atoms with E-state index >= 15 is 0 Å². The maximum Gasteiger partial charge on any atom is 0.132 e. The van der Waals surface area contributed by atoms with E-state index in [0.29, 0.717) is 6.04 Å². The van der Waals surface area contributed by atoms with Gasteiger partial charge in [-0.15, -0.1) is 0 Å². The predicted octanol–water partition coefficient (Wildman–Crippen LogP) is 1.67. The highest BCUT2D eigenvalue weighted by atomic mass is 15.1. The quantitative estimate of drug-likeness (QED) is 0.720. The van der Waals surface area contributed by atoms with Crippen molar-refractivity contribution in [3.05, 3.63) is 17.6 Å². The minimum Gasteiger partial charge on any atom is -0.367 e. The van der Waals surface area contributed by atoms with E-state index in [-0.39, 0.29) is 0 Å². The third-order valence-corrected chi connectivity index (χ3v) is 2.01. The maximum atomic E-state index is 4.33. The van der Waals surface area contributed by atoms with Gasteiger partial charge in [0.05, 0.1) is 0 Å². The summed E-state index contributed by atoms with van der Waals surface area (Å²) in [7, 11) is 0. The fourth-order valence-corrected chi connectivity index (χ4v) is 1.10. The monoisotopic (exact) mass is 163 g/mol. The van der Waals surface area contributed by atoms with Crippen LogP contribution < -0.4 is 5.32 Å². The van der Waals surface area contributed by atoms with Crippen LogP contribution in [0.5, 0.6) is 0 Å². The first kappa shape index (κ1) is 7.53. The average molecular weight is 163 g/mol. The molecule has 1 saturated carbocycles. The van der Waals surface area contributed by atoms with Crippen LogP contribution in [0.15, 0.2) is 6.20 Å². The molecule has 1 fully saturated rings. The Morgan fingerprint density at radius 1 is 1.42 bits per heavy atom. The Labute approximate surface area is 72.2 Å². The zero-order valence-corrected chi connectivity index (χ0v) is 7.46. The fraction of sp³-hybridized carbons (Fsp3) is 0.556. The molecular weight excluding hydrogens is 150 g/mol. The Balaban J connectivity index is 2.21. The summed E-state index contributed by atoms with van der Waals surface area (Å²) >= 11 is 0. The van der Waals surface area contributed by atoms with E-state index in [1.54, 1.807) is 0 Å². The minimum atomic E-state index is 0.665. The normalized spacial score (nSPS) is 16.2. The number of hydrogen-bond acceptors (Lipinski definition) is 3. The van der Waals surface area contributed by atoms with Crippen LogP contribution in [0, 0.1) is 13.8 Å². The standard InChI is InChI=1S/C9H13N3/c1-6-5-10-7(2)11-9(6)12-8-3-4-8/h5,8H,3-4H2,1-2H3,(H,10,11,12). The van der Waals surface area contributed by atoms with E-state index < -0.39 is 0 Å². The van der Waals surface area contributed by atoms with Crippen molar-refractivity contribution >= 4 is 5.82 Å². The molecule has 1 heterocycles. The van der Waals surface area contributed by atoms with Crippen LogP contribution in [0.3, 0.4) is 0 Å². The SMILES string of the molecule is Cc1ncc(C)c(NC2CC2)n1. The molecule has 0 aliphatic heterocycles. The molecule has 1 N–H and O–H groups in total. The highest BCUT2D eigenvalue weighted by molar-refractivity contribution is 5.43. The van der Waals surface area contributed by atoms with Crippen LogP contribution in [0.25, 0.3) is 0 Å². The summed E-state index contributed by atoms with van der Waals surface area (Å²) in [5.74, 6) is 1.84. The molecule has 1 aromatic heterocycles. The molecule has 0 aromatic carbocycles. The predicted molar refractivity (Wildman–Crippen MR) is 48.2 cm³/mol. The van der Waals surface area contributed by atoms with E-state index in [4.69, 9.17) is 0 Å². The van der Waals surface area contributed by atoms with Crippen LogP contribution in [0.2, 0.25) is 0 Å². The molecule has 3 heteroatoms. The molecular formula is C9H13N3. The van der Waals surface area contributed by atoms with Crippen molar-refractivity contribution in [2.75, 3.05) is 5.32 Å². The average Bonchev–Trinajstić information content (AvgIpc) is 2.81. The maximum absolute atomic E-state index is 4.33. The molecule has 0 bridgehead atoms. The highest BCUT2D eigenvalue weighted by Crippen LogP contribution is 2.24. The lowest BCUT2D eigenvalue weighted by Gasteiger charge is -2.06. The molecule has 1 aliphatic rings. The molecule has 3 nitrogen and oxygen atoms in total. The second-order valence-electron chi connectivity index (χ2n) is 3.37. The molecule has 0 saturated heterocycles. The molecule has 64 valence electrons. The summed E-state index contributed by atoms with van der Waals surface area (Å²) in [6.07, 6.45) is 4.43. The van der Waals surface area contributed by atoms with Crippen LogP contribution in [0.4, 0.5) is 5.82 Å². The van der Waals surface area contributed by atoms with Gasteiger partial charge in [0.25, 0.3) is 0 Å². The number of nitrogens with zero attached hydrogens (tertiary/aromatic N) is 2. The van der Waals surface area contributed by atoms with Gasteiger partial charge in [-0.1, -0.05) is 0 Å². The lowest BCUT2D eigenvalue weighted by molar-refractivity contribution is 1.00. The Hall–Kier alpha value is -1.12. The topological polar surface area (TPSA) is 37.8 Å². The number of aryl methyl sites for hydroxylation is 2. The van der Waals surface area contributed by atoms with E-state index in [9.17, 15) is 0 Å². The van der Waals surface area contributed by atoms with Gasteiger partial charge >= 0.3 is 0 Å². The smallest absolute Gasteiger partial charge is 0.132 e.